The molecule has 1 aromatic carbocycles. The van der Waals surface area contributed by atoms with Crippen LogP contribution in [0, 0.1) is 18.8 Å². The number of benzene rings is 1. The topological polar surface area (TPSA) is 88.6 Å². The molecule has 0 bridgehead atoms. The molecule has 0 aliphatic carbocycles. The highest BCUT2D eigenvalue weighted by atomic mass is 32.2. The van der Waals surface area contributed by atoms with E-state index >= 15 is 0 Å². The zero-order valence-corrected chi connectivity index (χ0v) is 18.0. The summed E-state index contributed by atoms with van der Waals surface area (Å²) in [6.45, 7) is 6.92. The summed E-state index contributed by atoms with van der Waals surface area (Å²) < 4.78 is 33.4. The van der Waals surface area contributed by atoms with Crippen molar-refractivity contribution in [3.05, 3.63) is 47.7 Å². The Balaban J connectivity index is 1.92. The van der Waals surface area contributed by atoms with Crippen molar-refractivity contribution in [3.63, 3.8) is 0 Å². The van der Waals surface area contributed by atoms with E-state index in [1.165, 1.54) is 23.5 Å². The summed E-state index contributed by atoms with van der Waals surface area (Å²) >= 11 is 0. The fourth-order valence-electron chi connectivity index (χ4n) is 3.69. The third-order valence-electron chi connectivity index (χ3n) is 5.03. The van der Waals surface area contributed by atoms with Gasteiger partial charge in [-0.25, -0.2) is 13.4 Å². The summed E-state index contributed by atoms with van der Waals surface area (Å²) in [6, 6.07) is 7.97. The van der Waals surface area contributed by atoms with Gasteiger partial charge in [-0.1, -0.05) is 19.9 Å². The molecular formula is C21H27N3O4S. The summed E-state index contributed by atoms with van der Waals surface area (Å²) in [5.74, 6) is 0.749. The largest absolute Gasteiger partial charge is 0.495 e. The van der Waals surface area contributed by atoms with Crippen LogP contribution in [0.4, 0.5) is 5.82 Å². The Bertz CT molecular complexity index is 979. The molecule has 1 aromatic heterocycles. The monoisotopic (exact) mass is 417 g/mol. The molecule has 0 saturated carbocycles. The zero-order valence-electron chi connectivity index (χ0n) is 17.2. The Morgan fingerprint density at radius 1 is 1.17 bits per heavy atom. The normalized spacial score (nSPS) is 20.3. The minimum atomic E-state index is -3.79. The van der Waals surface area contributed by atoms with Gasteiger partial charge >= 0.3 is 0 Å². The van der Waals surface area contributed by atoms with Gasteiger partial charge < -0.3 is 10.1 Å². The van der Waals surface area contributed by atoms with Crippen LogP contribution in [0.25, 0.3) is 0 Å². The molecule has 1 saturated heterocycles. The molecule has 2 heterocycles. The van der Waals surface area contributed by atoms with Crippen molar-refractivity contribution in [3.8, 4) is 5.75 Å². The number of nitrogens with zero attached hydrogens (tertiary/aromatic N) is 2. The number of aromatic nitrogens is 1. The van der Waals surface area contributed by atoms with Crippen molar-refractivity contribution in [2.24, 2.45) is 11.8 Å². The number of anilines is 1. The van der Waals surface area contributed by atoms with Crippen LogP contribution in [0.15, 0.2) is 41.4 Å². The van der Waals surface area contributed by atoms with Crippen molar-refractivity contribution in [2.75, 3.05) is 25.5 Å². The SMILES string of the molecule is COc1ccc(C(=O)Nc2ccc(C)cn2)cc1S(=O)(=O)N1CC(C)CC(C)C1. The number of rotatable bonds is 5. The summed E-state index contributed by atoms with van der Waals surface area (Å²) in [4.78, 5) is 16.8. The first kappa shape index (κ1) is 21.3. The van der Waals surface area contributed by atoms with E-state index in [2.05, 4.69) is 10.3 Å². The lowest BCUT2D eigenvalue weighted by molar-refractivity contribution is 0.102. The predicted octanol–water partition coefficient (Wildman–Crippen LogP) is 3.32. The first-order chi connectivity index (χ1) is 13.7. The fourth-order valence-corrected chi connectivity index (χ4v) is 5.55. The molecule has 7 nitrogen and oxygen atoms in total. The molecule has 3 rings (SSSR count). The highest BCUT2D eigenvalue weighted by molar-refractivity contribution is 7.89. The van der Waals surface area contributed by atoms with E-state index in [1.54, 1.807) is 18.3 Å². The highest BCUT2D eigenvalue weighted by Crippen LogP contribution is 2.32. The Labute approximate surface area is 172 Å². The van der Waals surface area contributed by atoms with Crippen molar-refractivity contribution in [1.82, 2.24) is 9.29 Å². The van der Waals surface area contributed by atoms with Crippen LogP contribution in [0.5, 0.6) is 5.75 Å². The van der Waals surface area contributed by atoms with Gasteiger partial charge in [-0.15, -0.1) is 0 Å². The number of pyridine rings is 1. The van der Waals surface area contributed by atoms with Crippen LogP contribution < -0.4 is 10.1 Å². The molecule has 156 valence electrons. The second kappa shape index (κ2) is 8.51. The Morgan fingerprint density at radius 3 is 2.45 bits per heavy atom. The maximum atomic E-state index is 13.3. The third kappa shape index (κ3) is 4.76. The van der Waals surface area contributed by atoms with Gasteiger partial charge in [0, 0.05) is 24.8 Å². The molecule has 1 fully saturated rings. The Kier molecular flexibility index (Phi) is 6.24. The van der Waals surface area contributed by atoms with E-state index < -0.39 is 15.9 Å². The van der Waals surface area contributed by atoms with Gasteiger partial charge in [0.05, 0.1) is 7.11 Å². The van der Waals surface area contributed by atoms with E-state index in [0.717, 1.165) is 12.0 Å². The molecule has 2 aromatic rings. The van der Waals surface area contributed by atoms with Crippen LogP contribution in [0.3, 0.4) is 0 Å². The molecule has 0 radical (unpaired) electrons. The summed E-state index contributed by atoms with van der Waals surface area (Å²) in [5, 5.41) is 2.70. The third-order valence-corrected chi connectivity index (χ3v) is 6.88. The average molecular weight is 418 g/mol. The molecule has 8 heteroatoms. The van der Waals surface area contributed by atoms with Gasteiger partial charge in [0.25, 0.3) is 5.91 Å². The van der Waals surface area contributed by atoms with Crippen LogP contribution >= 0.6 is 0 Å². The van der Waals surface area contributed by atoms with Crippen LogP contribution in [0.1, 0.15) is 36.2 Å². The number of hydrogen-bond acceptors (Lipinski definition) is 5. The Hall–Kier alpha value is -2.45. The number of amides is 1. The first-order valence-electron chi connectivity index (χ1n) is 9.63. The lowest BCUT2D eigenvalue weighted by Crippen LogP contribution is -2.42. The molecule has 0 spiro atoms. The number of carbonyl (C=O) groups is 1. The number of hydrogen-bond donors (Lipinski definition) is 1. The molecule has 2 atom stereocenters. The van der Waals surface area contributed by atoms with Crippen molar-refractivity contribution < 1.29 is 17.9 Å². The minimum absolute atomic E-state index is 0.00538. The number of carbonyl (C=O) groups excluding carboxylic acids is 1. The quantitative estimate of drug-likeness (QED) is 0.806. The van der Waals surface area contributed by atoms with E-state index in [4.69, 9.17) is 4.74 Å². The van der Waals surface area contributed by atoms with Gasteiger partial charge in [-0.3, -0.25) is 4.79 Å². The minimum Gasteiger partial charge on any atom is -0.495 e. The number of piperidine rings is 1. The van der Waals surface area contributed by atoms with Gasteiger partial charge in [-0.05, 0) is 55.0 Å². The Morgan fingerprint density at radius 2 is 1.86 bits per heavy atom. The average Bonchev–Trinajstić information content (AvgIpc) is 2.68. The summed E-state index contributed by atoms with van der Waals surface area (Å²) in [6.07, 6.45) is 2.65. The van der Waals surface area contributed by atoms with E-state index in [1.807, 2.05) is 26.8 Å². The van der Waals surface area contributed by atoms with Crippen LogP contribution in [0.2, 0.25) is 0 Å². The molecule has 1 aliphatic rings. The molecule has 29 heavy (non-hydrogen) atoms. The zero-order chi connectivity index (χ0) is 21.2. The first-order valence-corrected chi connectivity index (χ1v) is 11.1. The lowest BCUT2D eigenvalue weighted by Gasteiger charge is -2.34. The van der Waals surface area contributed by atoms with Crippen LogP contribution in [-0.2, 0) is 10.0 Å². The standard InChI is InChI=1S/C21H27N3O4S/c1-14-5-8-20(22-11-14)23-21(25)17-6-7-18(28-4)19(10-17)29(26,27)24-12-15(2)9-16(3)13-24/h5-8,10-11,15-16H,9,12-13H2,1-4H3,(H,22,23,25). The number of sulfonamides is 1. The van der Waals surface area contributed by atoms with Crippen molar-refractivity contribution in [1.29, 1.82) is 0 Å². The molecular weight excluding hydrogens is 390 g/mol. The molecule has 2 unspecified atom stereocenters. The fraction of sp³-hybridized carbons (Fsp3) is 0.429. The number of ether oxygens (including phenoxy) is 1. The van der Waals surface area contributed by atoms with Crippen molar-refractivity contribution in [2.45, 2.75) is 32.1 Å². The predicted molar refractivity (Wildman–Crippen MR) is 112 cm³/mol. The van der Waals surface area contributed by atoms with Crippen molar-refractivity contribution >= 4 is 21.7 Å². The van der Waals surface area contributed by atoms with Gasteiger partial charge in [0.15, 0.2) is 0 Å². The highest BCUT2D eigenvalue weighted by Gasteiger charge is 2.34. The summed E-state index contributed by atoms with van der Waals surface area (Å²) in [5.41, 5.74) is 1.20. The van der Waals surface area contributed by atoms with E-state index in [9.17, 15) is 13.2 Å². The molecule has 1 amide bonds. The number of methoxy groups -OCH3 is 1. The smallest absolute Gasteiger partial charge is 0.256 e. The molecule has 1 N–H and O–H groups in total. The van der Waals surface area contributed by atoms with E-state index in [-0.39, 0.29) is 28.0 Å². The maximum Gasteiger partial charge on any atom is 0.256 e. The molecule has 1 aliphatic heterocycles. The maximum absolute atomic E-state index is 13.3. The lowest BCUT2D eigenvalue weighted by atomic mass is 9.94. The van der Waals surface area contributed by atoms with Gasteiger partial charge in [0.2, 0.25) is 10.0 Å². The van der Waals surface area contributed by atoms with Crippen LogP contribution in [-0.4, -0.2) is 43.8 Å². The second-order valence-corrected chi connectivity index (χ2v) is 9.71. The second-order valence-electron chi connectivity index (χ2n) is 7.81. The number of aryl methyl sites for hydroxylation is 1. The number of nitrogens with one attached hydrogen (secondary N) is 1. The summed E-state index contributed by atoms with van der Waals surface area (Å²) in [7, 11) is -2.37. The van der Waals surface area contributed by atoms with Gasteiger partial charge in [0.1, 0.15) is 16.5 Å². The van der Waals surface area contributed by atoms with E-state index in [0.29, 0.717) is 18.9 Å². The van der Waals surface area contributed by atoms with Gasteiger partial charge in [-0.2, -0.15) is 4.31 Å².